The molecule has 0 aliphatic rings. The van der Waals surface area contributed by atoms with Gasteiger partial charge in [0.25, 0.3) is 0 Å². The predicted molar refractivity (Wildman–Crippen MR) is 101 cm³/mol. The zero-order valence-corrected chi connectivity index (χ0v) is 15.2. The fourth-order valence-electron chi connectivity index (χ4n) is 2.37. The van der Waals surface area contributed by atoms with E-state index in [0.29, 0.717) is 33.6 Å². The van der Waals surface area contributed by atoms with E-state index in [1.165, 1.54) is 17.8 Å². The molecule has 0 spiro atoms. The fourth-order valence-corrected chi connectivity index (χ4v) is 3.35. The highest BCUT2D eigenvalue weighted by Crippen LogP contribution is 2.25. The Kier molecular flexibility index (Phi) is 5.71. The number of nitrogens with two attached hydrogens (primary N) is 1. The number of nitrogens with zero attached hydrogens (tertiary/aromatic N) is 3. The summed E-state index contributed by atoms with van der Waals surface area (Å²) in [6.45, 7) is 0. The minimum absolute atomic E-state index is 0.127. The summed E-state index contributed by atoms with van der Waals surface area (Å²) in [6.07, 6.45) is 0.431. The topological polar surface area (TPSA) is 75.6 Å². The molecule has 1 aromatic heterocycles. The van der Waals surface area contributed by atoms with E-state index in [0.717, 1.165) is 5.56 Å². The molecule has 26 heavy (non-hydrogen) atoms. The van der Waals surface area contributed by atoms with Crippen LogP contribution in [0, 0.1) is 17.1 Å². The van der Waals surface area contributed by atoms with E-state index >= 15 is 0 Å². The molecule has 0 bridgehead atoms. The average Bonchev–Trinajstić information content (AvgIpc) is 2.63. The lowest BCUT2D eigenvalue weighted by atomic mass is 10.1. The van der Waals surface area contributed by atoms with Gasteiger partial charge in [-0.1, -0.05) is 53.7 Å². The van der Waals surface area contributed by atoms with Crippen LogP contribution in [0.1, 0.15) is 22.4 Å². The van der Waals surface area contributed by atoms with E-state index in [-0.39, 0.29) is 17.2 Å². The molecule has 0 atom stereocenters. The predicted octanol–water partition coefficient (Wildman–Crippen LogP) is 4.61. The first-order valence-corrected chi connectivity index (χ1v) is 9.10. The van der Waals surface area contributed by atoms with Crippen molar-refractivity contribution in [1.82, 2.24) is 9.97 Å². The van der Waals surface area contributed by atoms with Gasteiger partial charge in [-0.15, -0.1) is 0 Å². The molecule has 7 heteroatoms. The van der Waals surface area contributed by atoms with Crippen LogP contribution < -0.4 is 5.73 Å². The molecule has 0 radical (unpaired) electrons. The summed E-state index contributed by atoms with van der Waals surface area (Å²) in [5.41, 5.74) is 8.24. The van der Waals surface area contributed by atoms with Crippen LogP contribution in [0.4, 0.5) is 10.2 Å². The second-order valence-corrected chi connectivity index (χ2v) is 6.89. The first-order valence-electron chi connectivity index (χ1n) is 7.74. The maximum Gasteiger partial charge on any atom is 0.190 e. The van der Waals surface area contributed by atoms with Crippen molar-refractivity contribution < 1.29 is 4.39 Å². The summed E-state index contributed by atoms with van der Waals surface area (Å²) in [7, 11) is 0. The van der Waals surface area contributed by atoms with Gasteiger partial charge in [-0.3, -0.25) is 0 Å². The van der Waals surface area contributed by atoms with Crippen LogP contribution in [0.25, 0.3) is 0 Å². The van der Waals surface area contributed by atoms with Gasteiger partial charge in [0, 0.05) is 17.2 Å². The van der Waals surface area contributed by atoms with Crippen LogP contribution >= 0.6 is 23.4 Å². The van der Waals surface area contributed by atoms with Crippen LogP contribution in [0.15, 0.2) is 53.7 Å². The number of rotatable bonds is 5. The van der Waals surface area contributed by atoms with Crippen molar-refractivity contribution in [2.45, 2.75) is 17.3 Å². The zero-order valence-electron chi connectivity index (χ0n) is 13.6. The van der Waals surface area contributed by atoms with E-state index in [1.807, 2.05) is 12.1 Å². The minimum atomic E-state index is -0.275. The van der Waals surface area contributed by atoms with E-state index in [4.69, 9.17) is 17.3 Å². The van der Waals surface area contributed by atoms with Crippen molar-refractivity contribution in [2.75, 3.05) is 5.73 Å². The van der Waals surface area contributed by atoms with E-state index < -0.39 is 0 Å². The molecule has 0 saturated heterocycles. The van der Waals surface area contributed by atoms with E-state index in [1.54, 1.807) is 30.3 Å². The number of nitriles is 1. The molecule has 3 rings (SSSR count). The summed E-state index contributed by atoms with van der Waals surface area (Å²) in [4.78, 5) is 8.63. The Balaban J connectivity index is 1.85. The number of anilines is 1. The fraction of sp³-hybridized carbons (Fsp3) is 0.105. The molecule has 1 heterocycles. The van der Waals surface area contributed by atoms with Crippen molar-refractivity contribution in [3.8, 4) is 6.07 Å². The van der Waals surface area contributed by atoms with Crippen LogP contribution in [0.2, 0.25) is 5.02 Å². The Bertz CT molecular complexity index is 970. The Labute approximate surface area is 159 Å². The van der Waals surface area contributed by atoms with Gasteiger partial charge in [-0.05, 0) is 29.3 Å². The highest BCUT2D eigenvalue weighted by molar-refractivity contribution is 7.98. The molecule has 0 amide bonds. The number of benzene rings is 2. The van der Waals surface area contributed by atoms with Gasteiger partial charge >= 0.3 is 0 Å². The Morgan fingerprint density at radius 3 is 2.54 bits per heavy atom. The maximum absolute atomic E-state index is 13.8. The van der Waals surface area contributed by atoms with Crippen LogP contribution in [-0.2, 0) is 12.2 Å². The summed E-state index contributed by atoms with van der Waals surface area (Å²) in [5, 5.41) is 10.4. The van der Waals surface area contributed by atoms with E-state index in [9.17, 15) is 9.65 Å². The summed E-state index contributed by atoms with van der Waals surface area (Å²) in [5.74, 6) is 0.226. The summed E-state index contributed by atoms with van der Waals surface area (Å²) < 4.78 is 13.8. The number of hydrogen-bond acceptors (Lipinski definition) is 5. The largest absolute Gasteiger partial charge is 0.382 e. The minimum Gasteiger partial charge on any atom is -0.382 e. The molecule has 2 N–H and O–H groups in total. The number of thioether (sulfide) groups is 1. The lowest BCUT2D eigenvalue weighted by Crippen LogP contribution is -2.06. The third kappa shape index (κ3) is 4.31. The molecule has 0 fully saturated rings. The lowest BCUT2D eigenvalue weighted by Gasteiger charge is -2.09. The SMILES string of the molecule is N#Cc1c(N)nc(SCc2ccccc2F)nc1Cc1ccc(Cl)cc1. The number of halogens is 2. The summed E-state index contributed by atoms with van der Waals surface area (Å²) >= 11 is 7.18. The quantitative estimate of drug-likeness (QED) is 0.513. The molecule has 2 aromatic carbocycles. The van der Waals surface area contributed by atoms with Crippen molar-refractivity contribution in [3.63, 3.8) is 0 Å². The van der Waals surface area contributed by atoms with Gasteiger partial charge in [0.1, 0.15) is 23.3 Å². The second kappa shape index (κ2) is 8.17. The standard InChI is InChI=1S/C19H14ClFN4S/c20-14-7-5-12(6-8-14)9-17-15(10-22)18(23)25-19(24-17)26-11-13-3-1-2-4-16(13)21/h1-8H,9,11H2,(H2,23,24,25). The molecule has 0 aliphatic carbocycles. The molecule has 0 aliphatic heterocycles. The van der Waals surface area contributed by atoms with Crippen LogP contribution in [-0.4, -0.2) is 9.97 Å². The van der Waals surface area contributed by atoms with Crippen LogP contribution in [0.5, 0.6) is 0 Å². The molecule has 130 valence electrons. The van der Waals surface area contributed by atoms with Gasteiger partial charge in [-0.2, -0.15) is 5.26 Å². The van der Waals surface area contributed by atoms with Gasteiger partial charge in [0.15, 0.2) is 5.16 Å². The maximum atomic E-state index is 13.8. The second-order valence-electron chi connectivity index (χ2n) is 5.51. The summed E-state index contributed by atoms with van der Waals surface area (Å²) in [6, 6.07) is 15.9. The Hall–Kier alpha value is -2.62. The number of nitrogen functional groups attached to an aromatic ring is 1. The first kappa shape index (κ1) is 18.2. The van der Waals surface area contributed by atoms with Crippen molar-refractivity contribution in [3.05, 3.63) is 81.8 Å². The normalized spacial score (nSPS) is 10.5. The van der Waals surface area contributed by atoms with E-state index in [2.05, 4.69) is 16.0 Å². The molecule has 0 unspecified atom stereocenters. The lowest BCUT2D eigenvalue weighted by molar-refractivity contribution is 0.617. The Morgan fingerprint density at radius 1 is 1.12 bits per heavy atom. The van der Waals surface area contributed by atoms with Gasteiger partial charge in [-0.25, -0.2) is 14.4 Å². The van der Waals surface area contributed by atoms with Crippen molar-refractivity contribution >= 4 is 29.2 Å². The smallest absolute Gasteiger partial charge is 0.190 e. The third-order valence-electron chi connectivity index (χ3n) is 3.70. The molecule has 0 saturated carbocycles. The van der Waals surface area contributed by atoms with Gasteiger partial charge < -0.3 is 5.73 Å². The zero-order chi connectivity index (χ0) is 18.5. The molecule has 3 aromatic rings. The highest BCUT2D eigenvalue weighted by atomic mass is 35.5. The number of aromatic nitrogens is 2. The average molecular weight is 385 g/mol. The molecular formula is C19H14ClFN4S. The first-order chi connectivity index (χ1) is 12.6. The number of hydrogen-bond donors (Lipinski definition) is 1. The molecular weight excluding hydrogens is 371 g/mol. The van der Waals surface area contributed by atoms with Gasteiger partial charge in [0.2, 0.25) is 0 Å². The van der Waals surface area contributed by atoms with Gasteiger partial charge in [0.05, 0.1) is 5.69 Å². The van der Waals surface area contributed by atoms with Crippen molar-refractivity contribution in [1.29, 1.82) is 5.26 Å². The Morgan fingerprint density at radius 2 is 1.85 bits per heavy atom. The third-order valence-corrected chi connectivity index (χ3v) is 4.85. The van der Waals surface area contributed by atoms with Crippen molar-refractivity contribution in [2.24, 2.45) is 0 Å². The monoisotopic (exact) mass is 384 g/mol. The molecule has 4 nitrogen and oxygen atoms in total. The van der Waals surface area contributed by atoms with Crippen LogP contribution in [0.3, 0.4) is 0 Å². The highest BCUT2D eigenvalue weighted by Gasteiger charge is 2.14.